The molecule has 1 aliphatic rings. The molecular formula is C14H14FN. The summed E-state index contributed by atoms with van der Waals surface area (Å²) in [6, 6.07) is 13.9. The molecule has 2 aromatic carbocycles. The molecule has 82 valence electrons. The molecule has 0 bridgehead atoms. The van der Waals surface area contributed by atoms with Crippen LogP contribution in [0.15, 0.2) is 42.5 Å². The van der Waals surface area contributed by atoms with Crippen LogP contribution in [0.1, 0.15) is 12.0 Å². The normalized spacial score (nSPS) is 25.1. The minimum absolute atomic E-state index is 0.432. The first-order valence-electron chi connectivity index (χ1n) is 5.67. The highest BCUT2D eigenvalue weighted by atomic mass is 19.1. The molecule has 3 rings (SSSR count). The fraction of sp³-hybridized carbons (Fsp3) is 0.286. The molecule has 16 heavy (non-hydrogen) atoms. The molecule has 0 spiro atoms. The molecule has 0 aliphatic carbocycles. The molecule has 2 aromatic rings. The third-order valence-electron chi connectivity index (χ3n) is 3.38. The molecule has 0 radical (unpaired) electrons. The van der Waals surface area contributed by atoms with Crippen LogP contribution < -0.4 is 5.32 Å². The smallest absolute Gasteiger partial charge is 0.150 e. The van der Waals surface area contributed by atoms with Gasteiger partial charge in [0.1, 0.15) is 5.67 Å². The zero-order chi connectivity index (χ0) is 11.0. The van der Waals surface area contributed by atoms with Crippen LogP contribution in [0.2, 0.25) is 0 Å². The topological polar surface area (TPSA) is 12.0 Å². The highest BCUT2D eigenvalue weighted by Gasteiger charge is 2.36. The second-order valence-electron chi connectivity index (χ2n) is 4.42. The van der Waals surface area contributed by atoms with Gasteiger partial charge in [0.25, 0.3) is 0 Å². The number of hydrogen-bond acceptors (Lipinski definition) is 1. The Hall–Kier alpha value is -1.41. The minimum atomic E-state index is -1.19. The molecule has 1 heterocycles. The van der Waals surface area contributed by atoms with Crippen LogP contribution in [0.25, 0.3) is 10.8 Å². The van der Waals surface area contributed by atoms with Gasteiger partial charge in [-0.05, 0) is 29.3 Å². The number of nitrogens with one attached hydrogen (secondary N) is 1. The van der Waals surface area contributed by atoms with Crippen molar-refractivity contribution in [2.45, 2.75) is 12.1 Å². The van der Waals surface area contributed by atoms with Gasteiger partial charge in [-0.3, -0.25) is 0 Å². The zero-order valence-corrected chi connectivity index (χ0v) is 9.04. The third-order valence-corrected chi connectivity index (χ3v) is 3.38. The van der Waals surface area contributed by atoms with Gasteiger partial charge in [-0.25, -0.2) is 4.39 Å². The molecule has 0 aromatic heterocycles. The van der Waals surface area contributed by atoms with Gasteiger partial charge in [-0.2, -0.15) is 0 Å². The van der Waals surface area contributed by atoms with E-state index in [-0.39, 0.29) is 0 Å². The molecule has 1 saturated heterocycles. The van der Waals surface area contributed by atoms with E-state index >= 15 is 0 Å². The first-order chi connectivity index (χ1) is 7.80. The van der Waals surface area contributed by atoms with E-state index in [0.29, 0.717) is 13.0 Å². The Morgan fingerprint density at radius 2 is 1.88 bits per heavy atom. The van der Waals surface area contributed by atoms with Crippen LogP contribution in [0.4, 0.5) is 4.39 Å². The largest absolute Gasteiger partial charge is 0.313 e. The summed E-state index contributed by atoms with van der Waals surface area (Å²) in [6.45, 7) is 1.20. The Morgan fingerprint density at radius 1 is 1.06 bits per heavy atom. The lowest BCUT2D eigenvalue weighted by atomic mass is 9.90. The fourth-order valence-corrected chi connectivity index (χ4v) is 2.51. The molecule has 2 heteroatoms. The van der Waals surface area contributed by atoms with Gasteiger partial charge >= 0.3 is 0 Å². The summed E-state index contributed by atoms with van der Waals surface area (Å²) in [5, 5.41) is 5.25. The number of fused-ring (bicyclic) bond motifs is 1. The number of alkyl halides is 1. The maximum absolute atomic E-state index is 14.7. The highest BCUT2D eigenvalue weighted by Crippen LogP contribution is 2.36. The molecule has 1 unspecified atom stereocenters. The van der Waals surface area contributed by atoms with Crippen LogP contribution in [0, 0.1) is 0 Å². The second kappa shape index (κ2) is 3.56. The lowest BCUT2D eigenvalue weighted by molar-refractivity contribution is 0.195. The summed E-state index contributed by atoms with van der Waals surface area (Å²) in [6.07, 6.45) is 0.570. The van der Waals surface area contributed by atoms with E-state index in [1.165, 1.54) is 0 Å². The van der Waals surface area contributed by atoms with Crippen LogP contribution in [0.3, 0.4) is 0 Å². The van der Waals surface area contributed by atoms with Crippen molar-refractivity contribution >= 4 is 10.8 Å². The first-order valence-corrected chi connectivity index (χ1v) is 5.67. The average Bonchev–Trinajstić information content (AvgIpc) is 2.77. The number of halogens is 1. The summed E-state index contributed by atoms with van der Waals surface area (Å²) < 4.78 is 14.7. The Kier molecular flexibility index (Phi) is 2.18. The summed E-state index contributed by atoms with van der Waals surface area (Å²) in [5.41, 5.74) is -0.364. The highest BCUT2D eigenvalue weighted by molar-refractivity contribution is 5.86. The number of benzene rings is 2. The van der Waals surface area contributed by atoms with E-state index in [9.17, 15) is 4.39 Å². The quantitative estimate of drug-likeness (QED) is 0.771. The lowest BCUT2D eigenvalue weighted by Gasteiger charge is -2.20. The van der Waals surface area contributed by atoms with E-state index < -0.39 is 5.67 Å². The van der Waals surface area contributed by atoms with Gasteiger partial charge in [0, 0.05) is 6.54 Å². The van der Waals surface area contributed by atoms with Gasteiger partial charge in [0.15, 0.2) is 0 Å². The van der Waals surface area contributed by atoms with E-state index in [0.717, 1.165) is 22.9 Å². The Labute approximate surface area is 94.3 Å². The summed E-state index contributed by atoms with van der Waals surface area (Å²) >= 11 is 0. The van der Waals surface area contributed by atoms with Crippen molar-refractivity contribution in [1.29, 1.82) is 0 Å². The standard InChI is InChI=1S/C14H14FN/c15-14(8-9-16-10-14)13-7-3-5-11-4-1-2-6-12(11)13/h1-7,16H,8-10H2. The Balaban J connectivity index is 2.23. The van der Waals surface area contributed by atoms with Crippen LogP contribution in [-0.2, 0) is 5.67 Å². The fourth-order valence-electron chi connectivity index (χ4n) is 2.51. The van der Waals surface area contributed by atoms with Gasteiger partial charge in [0.2, 0.25) is 0 Å². The van der Waals surface area contributed by atoms with E-state index in [1.54, 1.807) is 0 Å². The Bertz CT molecular complexity index is 510. The van der Waals surface area contributed by atoms with E-state index in [2.05, 4.69) is 5.32 Å². The molecule has 0 saturated carbocycles. The molecular weight excluding hydrogens is 201 g/mol. The molecule has 1 atom stereocenters. The number of hydrogen-bond donors (Lipinski definition) is 1. The van der Waals surface area contributed by atoms with Crippen LogP contribution >= 0.6 is 0 Å². The van der Waals surface area contributed by atoms with Gasteiger partial charge in [0.05, 0.1) is 0 Å². The zero-order valence-electron chi connectivity index (χ0n) is 9.04. The van der Waals surface area contributed by atoms with Crippen molar-refractivity contribution < 1.29 is 4.39 Å². The van der Waals surface area contributed by atoms with Crippen molar-refractivity contribution in [3.8, 4) is 0 Å². The van der Waals surface area contributed by atoms with Crippen LogP contribution in [0.5, 0.6) is 0 Å². The molecule has 1 aliphatic heterocycles. The summed E-state index contributed by atoms with van der Waals surface area (Å²) in [7, 11) is 0. The first kappa shape index (κ1) is 9.79. The predicted octanol–water partition coefficient (Wildman–Crippen LogP) is 3.00. The molecule has 1 nitrogen and oxygen atoms in total. The summed E-state index contributed by atoms with van der Waals surface area (Å²) in [5.74, 6) is 0. The minimum Gasteiger partial charge on any atom is -0.313 e. The van der Waals surface area contributed by atoms with Gasteiger partial charge in [-0.1, -0.05) is 42.5 Å². The SMILES string of the molecule is FC1(c2cccc3ccccc23)CCNC1. The Morgan fingerprint density at radius 3 is 2.69 bits per heavy atom. The maximum Gasteiger partial charge on any atom is 0.150 e. The van der Waals surface area contributed by atoms with Crippen molar-refractivity contribution in [1.82, 2.24) is 5.32 Å². The predicted molar refractivity (Wildman–Crippen MR) is 64.2 cm³/mol. The second-order valence-corrected chi connectivity index (χ2v) is 4.42. The van der Waals surface area contributed by atoms with E-state index in [4.69, 9.17) is 0 Å². The van der Waals surface area contributed by atoms with E-state index in [1.807, 2.05) is 42.5 Å². The van der Waals surface area contributed by atoms with Crippen molar-refractivity contribution in [2.24, 2.45) is 0 Å². The third kappa shape index (κ3) is 1.41. The van der Waals surface area contributed by atoms with Crippen molar-refractivity contribution in [3.63, 3.8) is 0 Å². The lowest BCUT2D eigenvalue weighted by Crippen LogP contribution is -2.23. The van der Waals surface area contributed by atoms with Crippen molar-refractivity contribution in [2.75, 3.05) is 13.1 Å². The summed E-state index contributed by atoms with van der Waals surface area (Å²) in [4.78, 5) is 0. The van der Waals surface area contributed by atoms with Gasteiger partial charge in [-0.15, -0.1) is 0 Å². The maximum atomic E-state index is 14.7. The number of rotatable bonds is 1. The molecule has 1 fully saturated rings. The molecule has 1 N–H and O–H groups in total. The van der Waals surface area contributed by atoms with Crippen LogP contribution in [-0.4, -0.2) is 13.1 Å². The molecule has 0 amide bonds. The monoisotopic (exact) mass is 215 g/mol. The van der Waals surface area contributed by atoms with Crippen molar-refractivity contribution in [3.05, 3.63) is 48.0 Å². The average molecular weight is 215 g/mol. The van der Waals surface area contributed by atoms with Gasteiger partial charge < -0.3 is 5.32 Å².